The van der Waals surface area contributed by atoms with E-state index in [4.69, 9.17) is 4.42 Å². The number of oxazole rings is 1. The molecule has 27 heavy (non-hydrogen) atoms. The molecule has 0 aliphatic carbocycles. The number of amides is 1. The van der Waals surface area contributed by atoms with Crippen molar-refractivity contribution in [2.75, 3.05) is 13.1 Å². The first-order valence-electron chi connectivity index (χ1n) is 9.27. The van der Waals surface area contributed by atoms with Gasteiger partial charge in [0.25, 0.3) is 5.91 Å². The van der Waals surface area contributed by atoms with Gasteiger partial charge in [-0.05, 0) is 43.2 Å². The van der Waals surface area contributed by atoms with Crippen molar-refractivity contribution >= 4 is 5.91 Å². The van der Waals surface area contributed by atoms with Crippen LogP contribution in [0.5, 0.6) is 0 Å². The first kappa shape index (κ1) is 19.5. The molecule has 3 rings (SSSR count). The third kappa shape index (κ3) is 4.51. The SMILES string of the molecule is CCc1ocnc1C(=O)N1CCC[C@@H](CCc2ccccc2C(F)(F)F)C1. The molecule has 0 N–H and O–H groups in total. The number of carbonyl (C=O) groups excluding carboxylic acids is 1. The van der Waals surface area contributed by atoms with E-state index in [-0.39, 0.29) is 11.8 Å². The van der Waals surface area contributed by atoms with E-state index in [9.17, 15) is 18.0 Å². The monoisotopic (exact) mass is 380 g/mol. The molecule has 2 heterocycles. The van der Waals surface area contributed by atoms with E-state index < -0.39 is 11.7 Å². The minimum Gasteiger partial charge on any atom is -0.448 e. The van der Waals surface area contributed by atoms with E-state index in [0.717, 1.165) is 18.9 Å². The molecule has 1 aromatic heterocycles. The van der Waals surface area contributed by atoms with Crippen molar-refractivity contribution < 1.29 is 22.4 Å². The molecule has 4 nitrogen and oxygen atoms in total. The number of likely N-dealkylation sites (tertiary alicyclic amines) is 1. The van der Waals surface area contributed by atoms with Crippen molar-refractivity contribution in [3.8, 4) is 0 Å². The number of carbonyl (C=O) groups is 1. The molecule has 7 heteroatoms. The highest BCUT2D eigenvalue weighted by Crippen LogP contribution is 2.33. The Labute approximate surface area is 156 Å². The molecule has 0 saturated carbocycles. The second-order valence-corrected chi connectivity index (χ2v) is 6.93. The van der Waals surface area contributed by atoms with Crippen molar-refractivity contribution in [2.24, 2.45) is 5.92 Å². The number of piperidine rings is 1. The summed E-state index contributed by atoms with van der Waals surface area (Å²) in [6.07, 6.45) is 0.264. The maximum absolute atomic E-state index is 13.1. The van der Waals surface area contributed by atoms with E-state index in [0.29, 0.717) is 49.4 Å². The van der Waals surface area contributed by atoms with Gasteiger partial charge in [0, 0.05) is 19.5 Å². The van der Waals surface area contributed by atoms with Gasteiger partial charge in [-0.1, -0.05) is 25.1 Å². The van der Waals surface area contributed by atoms with Crippen LogP contribution in [0.3, 0.4) is 0 Å². The molecular weight excluding hydrogens is 357 g/mol. The fraction of sp³-hybridized carbons (Fsp3) is 0.500. The van der Waals surface area contributed by atoms with Gasteiger partial charge < -0.3 is 9.32 Å². The van der Waals surface area contributed by atoms with Crippen LogP contribution in [0.15, 0.2) is 35.1 Å². The smallest absolute Gasteiger partial charge is 0.416 e. The van der Waals surface area contributed by atoms with Gasteiger partial charge in [0.1, 0.15) is 5.76 Å². The van der Waals surface area contributed by atoms with E-state index in [1.807, 2.05) is 6.92 Å². The lowest BCUT2D eigenvalue weighted by atomic mass is 9.90. The molecule has 0 radical (unpaired) electrons. The molecule has 1 amide bonds. The van der Waals surface area contributed by atoms with Crippen LogP contribution in [-0.2, 0) is 19.0 Å². The van der Waals surface area contributed by atoms with Crippen molar-refractivity contribution in [1.82, 2.24) is 9.88 Å². The molecule has 2 aromatic rings. The molecule has 0 spiro atoms. The van der Waals surface area contributed by atoms with Crippen molar-refractivity contribution in [1.29, 1.82) is 0 Å². The Morgan fingerprint density at radius 1 is 1.33 bits per heavy atom. The average molecular weight is 380 g/mol. The topological polar surface area (TPSA) is 46.3 Å². The molecule has 146 valence electrons. The van der Waals surface area contributed by atoms with Crippen LogP contribution in [0.25, 0.3) is 0 Å². The Morgan fingerprint density at radius 2 is 2.11 bits per heavy atom. The molecule has 1 aliphatic heterocycles. The fourth-order valence-electron chi connectivity index (χ4n) is 3.71. The zero-order valence-corrected chi connectivity index (χ0v) is 15.3. The molecule has 1 saturated heterocycles. The third-order valence-electron chi connectivity index (χ3n) is 5.12. The van der Waals surface area contributed by atoms with Gasteiger partial charge in [-0.2, -0.15) is 13.2 Å². The van der Waals surface area contributed by atoms with Gasteiger partial charge in [-0.3, -0.25) is 4.79 Å². The number of aryl methyl sites for hydroxylation is 2. The maximum atomic E-state index is 13.1. The molecule has 1 aliphatic rings. The van der Waals surface area contributed by atoms with Crippen LogP contribution in [0.2, 0.25) is 0 Å². The number of aromatic nitrogens is 1. The Kier molecular flexibility index (Phi) is 5.87. The number of nitrogens with zero attached hydrogens (tertiary/aromatic N) is 2. The summed E-state index contributed by atoms with van der Waals surface area (Å²) in [5.41, 5.74) is 0.0997. The van der Waals surface area contributed by atoms with Crippen molar-refractivity contribution in [3.05, 3.63) is 53.2 Å². The molecular formula is C20H23F3N2O2. The molecule has 1 fully saturated rings. The van der Waals surface area contributed by atoms with E-state index in [1.54, 1.807) is 11.0 Å². The average Bonchev–Trinajstić information content (AvgIpc) is 3.14. The summed E-state index contributed by atoms with van der Waals surface area (Å²) in [4.78, 5) is 18.5. The fourth-order valence-corrected chi connectivity index (χ4v) is 3.71. The summed E-state index contributed by atoms with van der Waals surface area (Å²) >= 11 is 0. The third-order valence-corrected chi connectivity index (χ3v) is 5.12. The highest BCUT2D eigenvalue weighted by atomic mass is 19.4. The van der Waals surface area contributed by atoms with E-state index in [2.05, 4.69) is 4.98 Å². The number of hydrogen-bond donors (Lipinski definition) is 0. The number of hydrogen-bond acceptors (Lipinski definition) is 3. The van der Waals surface area contributed by atoms with Gasteiger partial charge >= 0.3 is 6.18 Å². The number of halogens is 3. The minimum atomic E-state index is -4.34. The Bertz CT molecular complexity index is 786. The van der Waals surface area contributed by atoms with Crippen LogP contribution in [-0.4, -0.2) is 28.9 Å². The minimum absolute atomic E-state index is 0.152. The summed E-state index contributed by atoms with van der Waals surface area (Å²) in [6.45, 7) is 3.09. The summed E-state index contributed by atoms with van der Waals surface area (Å²) < 4.78 is 44.7. The molecule has 0 bridgehead atoms. The summed E-state index contributed by atoms with van der Waals surface area (Å²) in [7, 11) is 0. The number of alkyl halides is 3. The maximum Gasteiger partial charge on any atom is 0.416 e. The zero-order valence-electron chi connectivity index (χ0n) is 15.3. The molecule has 1 aromatic carbocycles. The van der Waals surface area contributed by atoms with Crippen LogP contribution in [0.4, 0.5) is 13.2 Å². The largest absolute Gasteiger partial charge is 0.448 e. The summed E-state index contributed by atoms with van der Waals surface area (Å²) in [5, 5.41) is 0. The van der Waals surface area contributed by atoms with Crippen molar-refractivity contribution in [3.63, 3.8) is 0 Å². The second-order valence-electron chi connectivity index (χ2n) is 6.93. The van der Waals surface area contributed by atoms with Crippen LogP contribution >= 0.6 is 0 Å². The Balaban J connectivity index is 1.64. The Morgan fingerprint density at radius 3 is 2.85 bits per heavy atom. The summed E-state index contributed by atoms with van der Waals surface area (Å²) in [5.74, 6) is 0.600. The lowest BCUT2D eigenvalue weighted by Crippen LogP contribution is -2.40. The quantitative estimate of drug-likeness (QED) is 0.753. The van der Waals surface area contributed by atoms with E-state index >= 15 is 0 Å². The predicted octanol–water partition coefficient (Wildman–Crippen LogP) is 4.74. The Hall–Kier alpha value is -2.31. The lowest BCUT2D eigenvalue weighted by Gasteiger charge is -2.32. The van der Waals surface area contributed by atoms with Gasteiger partial charge in [-0.15, -0.1) is 0 Å². The van der Waals surface area contributed by atoms with Gasteiger partial charge in [0.05, 0.1) is 5.56 Å². The van der Waals surface area contributed by atoms with Gasteiger partial charge in [0.15, 0.2) is 12.1 Å². The van der Waals surface area contributed by atoms with E-state index in [1.165, 1.54) is 18.5 Å². The molecule has 1 atom stereocenters. The standard InChI is InChI=1S/C20H23F3N2O2/c1-2-17-18(24-13-27-17)19(26)25-11-5-6-14(12-25)9-10-15-7-3-4-8-16(15)20(21,22)23/h3-4,7-8,13-14H,2,5-6,9-12H2,1H3/t14-/m0/s1. The van der Waals surface area contributed by atoms with Crippen LogP contribution < -0.4 is 0 Å². The van der Waals surface area contributed by atoms with Crippen LogP contribution in [0, 0.1) is 5.92 Å². The van der Waals surface area contributed by atoms with Gasteiger partial charge in [-0.25, -0.2) is 4.98 Å². The normalized spacial score (nSPS) is 17.9. The second kappa shape index (κ2) is 8.15. The lowest BCUT2D eigenvalue weighted by molar-refractivity contribution is -0.138. The van der Waals surface area contributed by atoms with Crippen molar-refractivity contribution in [2.45, 2.75) is 45.2 Å². The molecule has 0 unspecified atom stereocenters. The first-order chi connectivity index (χ1) is 12.9. The predicted molar refractivity (Wildman–Crippen MR) is 94.3 cm³/mol. The number of rotatable bonds is 5. The van der Waals surface area contributed by atoms with Crippen LogP contribution in [0.1, 0.15) is 53.6 Å². The number of benzene rings is 1. The highest BCUT2D eigenvalue weighted by Gasteiger charge is 2.33. The first-order valence-corrected chi connectivity index (χ1v) is 9.27. The summed E-state index contributed by atoms with van der Waals surface area (Å²) in [6, 6.07) is 5.72. The van der Waals surface area contributed by atoms with Gasteiger partial charge in [0.2, 0.25) is 0 Å². The highest BCUT2D eigenvalue weighted by molar-refractivity contribution is 5.93. The zero-order chi connectivity index (χ0) is 19.4.